The molecular formula is C12H10BrClFN3O. The third-order valence-corrected chi connectivity index (χ3v) is 3.46. The van der Waals surface area contributed by atoms with Crippen LogP contribution in [0.3, 0.4) is 0 Å². The van der Waals surface area contributed by atoms with Gasteiger partial charge in [-0.15, -0.1) is 0 Å². The van der Waals surface area contributed by atoms with Crippen molar-refractivity contribution >= 4 is 33.3 Å². The lowest BCUT2D eigenvalue weighted by Gasteiger charge is -2.11. The lowest BCUT2D eigenvalue weighted by atomic mass is 10.2. The Balaban J connectivity index is 2.19. The Bertz CT molecular complexity index is 597. The highest BCUT2D eigenvalue weighted by atomic mass is 79.9. The first-order valence-corrected chi connectivity index (χ1v) is 6.51. The molecule has 0 atom stereocenters. The predicted molar refractivity (Wildman–Crippen MR) is 75.0 cm³/mol. The second kappa shape index (κ2) is 6.16. The van der Waals surface area contributed by atoms with Gasteiger partial charge in [-0.3, -0.25) is 0 Å². The lowest BCUT2D eigenvalue weighted by Crippen LogP contribution is -2.05. The summed E-state index contributed by atoms with van der Waals surface area (Å²) in [7, 11) is 1.48. The van der Waals surface area contributed by atoms with E-state index in [2.05, 4.69) is 31.2 Å². The van der Waals surface area contributed by atoms with Crippen LogP contribution in [0.15, 0.2) is 29.0 Å². The Labute approximate surface area is 123 Å². The van der Waals surface area contributed by atoms with Gasteiger partial charge in [-0.25, -0.2) is 14.4 Å². The van der Waals surface area contributed by atoms with Crippen molar-refractivity contribution in [3.63, 3.8) is 0 Å². The van der Waals surface area contributed by atoms with Crippen molar-refractivity contribution in [3.05, 3.63) is 45.5 Å². The van der Waals surface area contributed by atoms with Crippen molar-refractivity contribution in [2.75, 3.05) is 12.4 Å². The molecule has 0 saturated carbocycles. The fourth-order valence-electron chi connectivity index (χ4n) is 1.52. The van der Waals surface area contributed by atoms with Crippen molar-refractivity contribution in [2.45, 2.75) is 6.54 Å². The fourth-order valence-corrected chi connectivity index (χ4v) is 2.11. The molecule has 0 bridgehead atoms. The molecule has 0 radical (unpaired) electrons. The van der Waals surface area contributed by atoms with E-state index >= 15 is 0 Å². The van der Waals surface area contributed by atoms with Gasteiger partial charge in [0.2, 0.25) is 0 Å². The minimum absolute atomic E-state index is 0.221. The van der Waals surface area contributed by atoms with E-state index in [1.807, 2.05) is 0 Å². The number of hydrogen-bond acceptors (Lipinski definition) is 4. The lowest BCUT2D eigenvalue weighted by molar-refractivity contribution is 0.413. The molecular weight excluding hydrogens is 337 g/mol. The van der Waals surface area contributed by atoms with Crippen LogP contribution >= 0.6 is 27.5 Å². The topological polar surface area (TPSA) is 47.0 Å². The molecule has 1 aromatic heterocycles. The molecule has 4 nitrogen and oxygen atoms in total. The van der Waals surface area contributed by atoms with Crippen molar-refractivity contribution in [1.82, 2.24) is 9.97 Å². The molecule has 2 rings (SSSR count). The summed E-state index contributed by atoms with van der Waals surface area (Å²) < 4.78 is 19.1. The van der Waals surface area contributed by atoms with Gasteiger partial charge >= 0.3 is 0 Å². The summed E-state index contributed by atoms with van der Waals surface area (Å²) in [5.41, 5.74) is 0.761. The molecule has 0 aliphatic heterocycles. The molecule has 1 aromatic carbocycles. The first kappa shape index (κ1) is 14.0. The van der Waals surface area contributed by atoms with Gasteiger partial charge in [0, 0.05) is 11.0 Å². The van der Waals surface area contributed by atoms with Crippen molar-refractivity contribution in [2.24, 2.45) is 0 Å². The van der Waals surface area contributed by atoms with Crippen LogP contribution in [0.25, 0.3) is 0 Å². The van der Waals surface area contributed by atoms with E-state index in [-0.39, 0.29) is 11.0 Å². The van der Waals surface area contributed by atoms with E-state index in [4.69, 9.17) is 16.3 Å². The maximum absolute atomic E-state index is 13.2. The van der Waals surface area contributed by atoms with Crippen LogP contribution in [0.1, 0.15) is 5.56 Å². The molecule has 0 amide bonds. The summed E-state index contributed by atoms with van der Waals surface area (Å²) in [6.07, 6.45) is 1.33. The Morgan fingerprint density at radius 2 is 2.21 bits per heavy atom. The Hall–Kier alpha value is -1.40. The van der Waals surface area contributed by atoms with Gasteiger partial charge in [-0.1, -0.05) is 27.5 Å². The van der Waals surface area contributed by atoms with Crippen LogP contribution in [0, 0.1) is 5.82 Å². The quantitative estimate of drug-likeness (QED) is 0.859. The summed E-state index contributed by atoms with van der Waals surface area (Å²) in [4.78, 5) is 7.85. The Morgan fingerprint density at radius 3 is 2.95 bits per heavy atom. The van der Waals surface area contributed by atoms with E-state index in [1.165, 1.54) is 25.6 Å². The summed E-state index contributed by atoms with van der Waals surface area (Å²) in [6, 6.07) is 4.47. The van der Waals surface area contributed by atoms with Crippen LogP contribution < -0.4 is 10.1 Å². The van der Waals surface area contributed by atoms with Crippen LogP contribution in [-0.2, 0) is 6.54 Å². The highest BCUT2D eigenvalue weighted by Crippen LogP contribution is 2.29. The molecule has 0 unspecified atom stereocenters. The van der Waals surface area contributed by atoms with Crippen LogP contribution in [-0.4, -0.2) is 17.1 Å². The van der Waals surface area contributed by atoms with Crippen LogP contribution in [0.4, 0.5) is 10.2 Å². The molecule has 100 valence electrons. The Kier molecular flexibility index (Phi) is 4.55. The number of benzene rings is 1. The zero-order valence-corrected chi connectivity index (χ0v) is 12.3. The minimum atomic E-state index is -0.298. The first-order chi connectivity index (χ1) is 9.11. The first-order valence-electron chi connectivity index (χ1n) is 5.34. The molecule has 0 fully saturated rings. The average Bonchev–Trinajstić information content (AvgIpc) is 2.40. The Morgan fingerprint density at radius 1 is 1.42 bits per heavy atom. The number of methoxy groups -OCH3 is 1. The van der Waals surface area contributed by atoms with E-state index in [9.17, 15) is 4.39 Å². The smallest absolute Gasteiger partial charge is 0.198 e. The summed E-state index contributed by atoms with van der Waals surface area (Å²) in [5.74, 6) is 0.517. The van der Waals surface area contributed by atoms with Crippen molar-refractivity contribution in [3.8, 4) is 5.75 Å². The van der Waals surface area contributed by atoms with Crippen LogP contribution in [0.5, 0.6) is 5.75 Å². The molecule has 0 saturated heterocycles. The standard InChI is InChI=1S/C12H10BrClFN3O/c1-19-10-11(14)17-6-18-12(10)16-5-7-4-8(15)2-3-9(7)13/h2-4,6H,5H2,1H3,(H,16,17,18). The molecule has 1 N–H and O–H groups in total. The molecule has 19 heavy (non-hydrogen) atoms. The monoisotopic (exact) mass is 345 g/mol. The number of nitrogens with zero attached hydrogens (tertiary/aromatic N) is 2. The number of aromatic nitrogens is 2. The second-order valence-corrected chi connectivity index (χ2v) is 4.85. The number of hydrogen-bond donors (Lipinski definition) is 1. The van der Waals surface area contributed by atoms with Gasteiger partial charge in [0.15, 0.2) is 16.7 Å². The highest BCUT2D eigenvalue weighted by Gasteiger charge is 2.10. The zero-order chi connectivity index (χ0) is 13.8. The molecule has 1 heterocycles. The molecule has 0 aliphatic carbocycles. The summed E-state index contributed by atoms with van der Waals surface area (Å²) >= 11 is 9.24. The average molecular weight is 347 g/mol. The third-order valence-electron chi connectivity index (χ3n) is 2.42. The van der Waals surface area contributed by atoms with Crippen molar-refractivity contribution < 1.29 is 9.13 Å². The highest BCUT2D eigenvalue weighted by molar-refractivity contribution is 9.10. The van der Waals surface area contributed by atoms with Gasteiger partial charge in [0.1, 0.15) is 12.1 Å². The molecule has 7 heteroatoms. The molecule has 0 spiro atoms. The van der Waals surface area contributed by atoms with E-state index in [0.29, 0.717) is 18.1 Å². The maximum atomic E-state index is 13.2. The number of nitrogens with one attached hydrogen (secondary N) is 1. The van der Waals surface area contributed by atoms with Crippen LogP contribution in [0.2, 0.25) is 5.15 Å². The number of ether oxygens (including phenoxy) is 1. The largest absolute Gasteiger partial charge is 0.490 e. The minimum Gasteiger partial charge on any atom is -0.490 e. The maximum Gasteiger partial charge on any atom is 0.198 e. The zero-order valence-electron chi connectivity index (χ0n) is 9.95. The number of anilines is 1. The van der Waals surface area contributed by atoms with Gasteiger partial charge in [-0.2, -0.15) is 0 Å². The number of rotatable bonds is 4. The van der Waals surface area contributed by atoms with Gasteiger partial charge in [-0.05, 0) is 23.8 Å². The number of halogens is 3. The van der Waals surface area contributed by atoms with E-state index in [0.717, 1.165) is 10.0 Å². The predicted octanol–water partition coefficient (Wildman–Crippen LogP) is 3.65. The van der Waals surface area contributed by atoms with Gasteiger partial charge in [0.05, 0.1) is 7.11 Å². The second-order valence-electron chi connectivity index (χ2n) is 3.64. The van der Waals surface area contributed by atoms with Gasteiger partial charge in [0.25, 0.3) is 0 Å². The van der Waals surface area contributed by atoms with E-state index in [1.54, 1.807) is 6.07 Å². The molecule has 2 aromatic rings. The summed E-state index contributed by atoms with van der Waals surface area (Å²) in [5, 5.41) is 3.25. The molecule has 0 aliphatic rings. The van der Waals surface area contributed by atoms with Crippen molar-refractivity contribution in [1.29, 1.82) is 0 Å². The third kappa shape index (κ3) is 3.33. The van der Waals surface area contributed by atoms with Gasteiger partial charge < -0.3 is 10.1 Å². The summed E-state index contributed by atoms with van der Waals surface area (Å²) in [6.45, 7) is 0.377. The van der Waals surface area contributed by atoms with E-state index < -0.39 is 0 Å². The fraction of sp³-hybridized carbons (Fsp3) is 0.167. The normalized spacial score (nSPS) is 10.3. The SMILES string of the molecule is COc1c(Cl)ncnc1NCc1cc(F)ccc1Br.